The van der Waals surface area contributed by atoms with Gasteiger partial charge in [0.2, 0.25) is 0 Å². The second-order valence-corrected chi connectivity index (χ2v) is 6.61. The number of carbonyl (C=O) groups is 1. The molecule has 1 aliphatic carbocycles. The summed E-state index contributed by atoms with van der Waals surface area (Å²) >= 11 is 0. The first kappa shape index (κ1) is 14.5. The normalized spacial score (nSPS) is 30.1. The smallest absolute Gasteiger partial charge is 0.305 e. The minimum Gasteiger partial charge on any atom is -0.469 e. The van der Waals surface area contributed by atoms with Gasteiger partial charge in [-0.3, -0.25) is 4.79 Å². The van der Waals surface area contributed by atoms with Gasteiger partial charge in [0.15, 0.2) is 0 Å². The lowest BCUT2D eigenvalue weighted by Crippen LogP contribution is -2.39. The number of hydrogen-bond donors (Lipinski definition) is 0. The van der Waals surface area contributed by atoms with Crippen molar-refractivity contribution in [2.75, 3.05) is 7.11 Å². The Kier molecular flexibility index (Phi) is 4.62. The van der Waals surface area contributed by atoms with Gasteiger partial charge in [-0.05, 0) is 48.9 Å². The van der Waals surface area contributed by atoms with Crippen LogP contribution in [0.25, 0.3) is 0 Å². The Balaban J connectivity index is 2.57. The van der Waals surface area contributed by atoms with E-state index in [0.29, 0.717) is 23.2 Å². The number of rotatable bonds is 3. The van der Waals surface area contributed by atoms with E-state index in [1.807, 2.05) is 0 Å². The monoisotopic (exact) mass is 240 g/mol. The molecule has 1 fully saturated rings. The van der Waals surface area contributed by atoms with Crippen LogP contribution in [0.5, 0.6) is 0 Å². The van der Waals surface area contributed by atoms with Crippen molar-refractivity contribution in [3.63, 3.8) is 0 Å². The Bertz CT molecular complexity index is 255. The molecule has 0 aliphatic heterocycles. The van der Waals surface area contributed by atoms with Gasteiger partial charge in [0, 0.05) is 6.42 Å². The van der Waals surface area contributed by atoms with Crippen LogP contribution in [-0.4, -0.2) is 13.1 Å². The fraction of sp³-hybridized carbons (Fsp3) is 0.933. The molecule has 0 aromatic carbocycles. The minimum atomic E-state index is -0.0465. The second-order valence-electron chi connectivity index (χ2n) is 6.61. The summed E-state index contributed by atoms with van der Waals surface area (Å²) in [7, 11) is 1.48. The van der Waals surface area contributed by atoms with Gasteiger partial charge in [-0.15, -0.1) is 0 Å². The van der Waals surface area contributed by atoms with Crippen molar-refractivity contribution in [2.45, 2.75) is 66.2 Å². The highest BCUT2D eigenvalue weighted by molar-refractivity contribution is 5.69. The molecule has 0 atom stereocenters. The molecule has 2 heteroatoms. The van der Waals surface area contributed by atoms with E-state index in [1.54, 1.807) is 0 Å². The predicted molar refractivity (Wildman–Crippen MR) is 70.8 cm³/mol. The summed E-state index contributed by atoms with van der Waals surface area (Å²) in [6.07, 6.45) is 6.74. The van der Waals surface area contributed by atoms with Crippen molar-refractivity contribution in [2.24, 2.45) is 16.7 Å². The molecule has 0 unspecified atom stereocenters. The van der Waals surface area contributed by atoms with Crippen LogP contribution < -0.4 is 0 Å². The summed E-state index contributed by atoms with van der Waals surface area (Å²) in [6.45, 7) is 9.39. The van der Waals surface area contributed by atoms with E-state index in [0.717, 1.165) is 0 Å². The Labute approximate surface area is 106 Å². The molecule has 17 heavy (non-hydrogen) atoms. The standard InChI is InChI=1S/C15H28O2/c1-6-15(14(2,3)4)9-7-12(8-10-15)11-13(16)17-5/h12H,6-11H2,1-5H3. The van der Waals surface area contributed by atoms with Gasteiger partial charge < -0.3 is 4.74 Å². The van der Waals surface area contributed by atoms with Crippen molar-refractivity contribution in [1.82, 2.24) is 0 Å². The van der Waals surface area contributed by atoms with Crippen molar-refractivity contribution < 1.29 is 9.53 Å². The maximum Gasteiger partial charge on any atom is 0.305 e. The van der Waals surface area contributed by atoms with E-state index in [-0.39, 0.29) is 5.97 Å². The third kappa shape index (κ3) is 3.23. The molecule has 0 bridgehead atoms. The van der Waals surface area contributed by atoms with Gasteiger partial charge >= 0.3 is 5.97 Å². The Morgan fingerprint density at radius 1 is 1.29 bits per heavy atom. The number of methoxy groups -OCH3 is 1. The van der Waals surface area contributed by atoms with Crippen molar-refractivity contribution in [3.05, 3.63) is 0 Å². The van der Waals surface area contributed by atoms with E-state index in [2.05, 4.69) is 27.7 Å². The van der Waals surface area contributed by atoms with Crippen LogP contribution in [0.4, 0.5) is 0 Å². The van der Waals surface area contributed by atoms with Crippen molar-refractivity contribution in [1.29, 1.82) is 0 Å². The molecule has 0 heterocycles. The lowest BCUT2D eigenvalue weighted by Gasteiger charge is -2.49. The molecule has 2 nitrogen and oxygen atoms in total. The van der Waals surface area contributed by atoms with Gasteiger partial charge in [-0.2, -0.15) is 0 Å². The van der Waals surface area contributed by atoms with Crippen LogP contribution >= 0.6 is 0 Å². The van der Waals surface area contributed by atoms with E-state index in [1.165, 1.54) is 39.2 Å². The molecular weight excluding hydrogens is 212 g/mol. The number of ether oxygens (including phenoxy) is 1. The van der Waals surface area contributed by atoms with Crippen LogP contribution in [0, 0.1) is 16.7 Å². The van der Waals surface area contributed by atoms with Crippen molar-refractivity contribution >= 4 is 5.97 Å². The first-order valence-corrected chi connectivity index (χ1v) is 6.91. The molecule has 1 rings (SSSR count). The topological polar surface area (TPSA) is 26.3 Å². The van der Waals surface area contributed by atoms with Crippen LogP contribution in [-0.2, 0) is 9.53 Å². The first-order chi connectivity index (χ1) is 7.84. The molecule has 1 saturated carbocycles. The summed E-state index contributed by atoms with van der Waals surface area (Å²) in [5, 5.41) is 0. The Morgan fingerprint density at radius 2 is 1.82 bits per heavy atom. The lowest BCUT2D eigenvalue weighted by molar-refractivity contribution is -0.142. The highest BCUT2D eigenvalue weighted by Crippen LogP contribution is 2.53. The molecular formula is C15H28O2. The zero-order chi connectivity index (χ0) is 13.1. The molecule has 0 amide bonds. The zero-order valence-electron chi connectivity index (χ0n) is 12.1. The predicted octanol–water partition coefficient (Wildman–Crippen LogP) is 4.18. The third-order valence-corrected chi connectivity index (χ3v) is 5.01. The maximum atomic E-state index is 11.3. The van der Waals surface area contributed by atoms with E-state index < -0.39 is 0 Å². The van der Waals surface area contributed by atoms with E-state index in [9.17, 15) is 4.79 Å². The fourth-order valence-corrected chi connectivity index (χ4v) is 3.39. The van der Waals surface area contributed by atoms with Gasteiger partial charge in [-0.25, -0.2) is 0 Å². The molecule has 0 radical (unpaired) electrons. The molecule has 100 valence electrons. The summed E-state index contributed by atoms with van der Waals surface area (Å²) in [6, 6.07) is 0. The SMILES string of the molecule is CCC1(C(C)(C)C)CCC(CC(=O)OC)CC1. The maximum absolute atomic E-state index is 11.3. The summed E-state index contributed by atoms with van der Waals surface area (Å²) < 4.78 is 4.76. The fourth-order valence-electron chi connectivity index (χ4n) is 3.39. The average Bonchev–Trinajstić information content (AvgIpc) is 2.28. The van der Waals surface area contributed by atoms with Gasteiger partial charge in [0.05, 0.1) is 7.11 Å². The summed E-state index contributed by atoms with van der Waals surface area (Å²) in [5.41, 5.74) is 0.845. The highest BCUT2D eigenvalue weighted by Gasteiger charge is 2.42. The molecule has 0 aromatic rings. The van der Waals surface area contributed by atoms with Gasteiger partial charge in [-0.1, -0.05) is 27.7 Å². The summed E-state index contributed by atoms with van der Waals surface area (Å²) in [5.74, 6) is 0.499. The first-order valence-electron chi connectivity index (χ1n) is 6.91. The molecule has 1 aliphatic rings. The summed E-state index contributed by atoms with van der Waals surface area (Å²) in [4.78, 5) is 11.3. The molecule has 0 saturated heterocycles. The number of carbonyl (C=O) groups excluding carboxylic acids is 1. The van der Waals surface area contributed by atoms with Crippen LogP contribution in [0.3, 0.4) is 0 Å². The minimum absolute atomic E-state index is 0.0465. The zero-order valence-corrected chi connectivity index (χ0v) is 12.1. The van der Waals surface area contributed by atoms with Crippen LogP contribution in [0.1, 0.15) is 66.2 Å². The molecule has 0 spiro atoms. The molecule has 0 aromatic heterocycles. The lowest BCUT2D eigenvalue weighted by atomic mass is 9.56. The number of esters is 1. The second kappa shape index (κ2) is 5.41. The largest absolute Gasteiger partial charge is 0.469 e. The molecule has 0 N–H and O–H groups in total. The van der Waals surface area contributed by atoms with E-state index >= 15 is 0 Å². The highest BCUT2D eigenvalue weighted by atomic mass is 16.5. The van der Waals surface area contributed by atoms with E-state index in [4.69, 9.17) is 4.74 Å². The third-order valence-electron chi connectivity index (χ3n) is 5.01. The Morgan fingerprint density at radius 3 is 2.18 bits per heavy atom. The van der Waals surface area contributed by atoms with Gasteiger partial charge in [0.25, 0.3) is 0 Å². The quantitative estimate of drug-likeness (QED) is 0.692. The Hall–Kier alpha value is -0.530. The van der Waals surface area contributed by atoms with Crippen molar-refractivity contribution in [3.8, 4) is 0 Å². The number of hydrogen-bond acceptors (Lipinski definition) is 2. The van der Waals surface area contributed by atoms with Crippen LogP contribution in [0.2, 0.25) is 0 Å². The van der Waals surface area contributed by atoms with Gasteiger partial charge in [0.1, 0.15) is 0 Å². The average molecular weight is 240 g/mol. The van der Waals surface area contributed by atoms with Crippen LogP contribution in [0.15, 0.2) is 0 Å².